The van der Waals surface area contributed by atoms with Crippen molar-refractivity contribution >= 4 is 23.3 Å². The Labute approximate surface area is 130 Å². The molecule has 0 spiro atoms. The summed E-state index contributed by atoms with van der Waals surface area (Å²) in [6.07, 6.45) is 6.75. The van der Waals surface area contributed by atoms with Crippen LogP contribution >= 0.6 is 11.8 Å². The fourth-order valence-electron chi connectivity index (χ4n) is 2.23. The van der Waals surface area contributed by atoms with Crippen LogP contribution in [0.1, 0.15) is 51.1 Å². The molecule has 1 rings (SSSR count). The third-order valence-corrected chi connectivity index (χ3v) is 4.04. The highest BCUT2D eigenvalue weighted by Gasteiger charge is 2.27. The van der Waals surface area contributed by atoms with E-state index in [1.54, 1.807) is 11.7 Å². The molecule has 120 valence electrons. The molecule has 0 saturated heterocycles. The summed E-state index contributed by atoms with van der Waals surface area (Å²) in [4.78, 5) is 10.9. The van der Waals surface area contributed by atoms with Gasteiger partial charge in [-0.3, -0.25) is 10.1 Å². The van der Waals surface area contributed by atoms with Crippen LogP contribution < -0.4 is 5.32 Å². The van der Waals surface area contributed by atoms with Crippen molar-refractivity contribution < 1.29 is 4.92 Å². The van der Waals surface area contributed by atoms with Crippen LogP contribution in [0.4, 0.5) is 11.5 Å². The summed E-state index contributed by atoms with van der Waals surface area (Å²) >= 11 is 1.87. The van der Waals surface area contributed by atoms with E-state index in [0.717, 1.165) is 19.4 Å². The Morgan fingerprint density at radius 2 is 2.00 bits per heavy atom. The molecular weight excluding hydrogens is 288 g/mol. The average molecular weight is 314 g/mol. The molecule has 1 heterocycles. The Hall–Kier alpha value is -1.24. The van der Waals surface area contributed by atoms with E-state index in [9.17, 15) is 10.1 Å². The predicted molar refractivity (Wildman–Crippen MR) is 89.3 cm³/mol. The zero-order valence-electron chi connectivity index (χ0n) is 13.4. The van der Waals surface area contributed by atoms with Gasteiger partial charge in [0.05, 0.1) is 4.92 Å². The Morgan fingerprint density at radius 1 is 1.33 bits per heavy atom. The van der Waals surface area contributed by atoms with Gasteiger partial charge in [0.1, 0.15) is 5.69 Å². The molecular formula is C14H26N4O2S. The normalized spacial score (nSPS) is 11.1. The molecule has 21 heavy (non-hydrogen) atoms. The Kier molecular flexibility index (Phi) is 7.56. The van der Waals surface area contributed by atoms with Crippen molar-refractivity contribution in [2.24, 2.45) is 7.05 Å². The van der Waals surface area contributed by atoms with Crippen molar-refractivity contribution in [1.29, 1.82) is 0 Å². The SMILES string of the molecule is CSCCCCCCNc1c([N+](=O)[O-])c(C(C)C)nn1C. The number of hydrogen-bond donors (Lipinski definition) is 1. The second kappa shape index (κ2) is 8.92. The second-order valence-electron chi connectivity index (χ2n) is 5.45. The molecule has 7 heteroatoms. The highest BCUT2D eigenvalue weighted by atomic mass is 32.2. The highest BCUT2D eigenvalue weighted by Crippen LogP contribution is 2.32. The maximum Gasteiger partial charge on any atom is 0.334 e. The molecule has 1 aromatic rings. The standard InChI is InChI=1S/C14H26N4O2S/c1-11(2)12-13(18(19)20)14(17(3)16-12)15-9-7-5-6-8-10-21-4/h11,15H,5-10H2,1-4H3. The molecule has 0 bridgehead atoms. The van der Waals surface area contributed by atoms with Gasteiger partial charge < -0.3 is 5.32 Å². The van der Waals surface area contributed by atoms with E-state index < -0.39 is 0 Å². The van der Waals surface area contributed by atoms with Crippen LogP contribution in [-0.2, 0) is 7.05 Å². The summed E-state index contributed by atoms with van der Waals surface area (Å²) in [5.74, 6) is 1.77. The van der Waals surface area contributed by atoms with Crippen LogP contribution in [0.5, 0.6) is 0 Å². The molecule has 0 unspecified atom stereocenters. The number of nitrogens with zero attached hydrogens (tertiary/aromatic N) is 3. The average Bonchev–Trinajstić information content (AvgIpc) is 2.75. The molecule has 0 aliphatic heterocycles. The molecule has 0 aliphatic rings. The Morgan fingerprint density at radius 3 is 2.57 bits per heavy atom. The van der Waals surface area contributed by atoms with E-state index in [0.29, 0.717) is 11.5 Å². The molecule has 0 radical (unpaired) electrons. The number of rotatable bonds is 10. The molecule has 1 aromatic heterocycles. The first-order valence-corrected chi connectivity index (χ1v) is 8.82. The van der Waals surface area contributed by atoms with Crippen molar-refractivity contribution in [2.75, 3.05) is 23.9 Å². The smallest absolute Gasteiger partial charge is 0.334 e. The quantitative estimate of drug-likeness (QED) is 0.404. The molecule has 0 fully saturated rings. The summed E-state index contributed by atoms with van der Waals surface area (Å²) in [5, 5.41) is 18.7. The molecule has 1 N–H and O–H groups in total. The van der Waals surface area contributed by atoms with Crippen molar-refractivity contribution in [3.63, 3.8) is 0 Å². The minimum atomic E-state index is -0.330. The minimum Gasteiger partial charge on any atom is -0.365 e. The third-order valence-electron chi connectivity index (χ3n) is 3.35. The summed E-state index contributed by atoms with van der Waals surface area (Å²) in [6, 6.07) is 0. The maximum absolute atomic E-state index is 11.3. The lowest BCUT2D eigenvalue weighted by molar-refractivity contribution is -0.384. The molecule has 0 aromatic carbocycles. The van der Waals surface area contributed by atoms with E-state index in [-0.39, 0.29) is 16.5 Å². The number of hydrogen-bond acceptors (Lipinski definition) is 5. The first-order valence-electron chi connectivity index (χ1n) is 7.43. The van der Waals surface area contributed by atoms with E-state index in [2.05, 4.69) is 16.7 Å². The summed E-state index contributed by atoms with van der Waals surface area (Å²) in [6.45, 7) is 4.59. The van der Waals surface area contributed by atoms with Gasteiger partial charge in [0.15, 0.2) is 0 Å². The van der Waals surface area contributed by atoms with Gasteiger partial charge in [-0.15, -0.1) is 0 Å². The van der Waals surface area contributed by atoms with Crippen molar-refractivity contribution in [2.45, 2.75) is 45.4 Å². The summed E-state index contributed by atoms with van der Waals surface area (Å²) in [7, 11) is 1.75. The molecule has 0 saturated carbocycles. The fraction of sp³-hybridized carbons (Fsp3) is 0.786. The number of aryl methyl sites for hydroxylation is 1. The van der Waals surface area contributed by atoms with Crippen molar-refractivity contribution in [3.05, 3.63) is 15.8 Å². The van der Waals surface area contributed by atoms with E-state index >= 15 is 0 Å². The molecule has 0 atom stereocenters. The third kappa shape index (κ3) is 5.22. The van der Waals surface area contributed by atoms with E-state index in [1.165, 1.54) is 18.6 Å². The first-order chi connectivity index (χ1) is 9.99. The van der Waals surface area contributed by atoms with Crippen LogP contribution in [0.3, 0.4) is 0 Å². The van der Waals surface area contributed by atoms with Crippen LogP contribution in [0.15, 0.2) is 0 Å². The van der Waals surface area contributed by atoms with Gasteiger partial charge >= 0.3 is 5.69 Å². The fourth-order valence-corrected chi connectivity index (χ4v) is 2.73. The van der Waals surface area contributed by atoms with Crippen LogP contribution in [0, 0.1) is 10.1 Å². The van der Waals surface area contributed by atoms with Gasteiger partial charge in [-0.2, -0.15) is 16.9 Å². The second-order valence-corrected chi connectivity index (χ2v) is 6.44. The Bertz CT molecular complexity index is 460. The number of nitrogens with one attached hydrogen (secondary N) is 1. The van der Waals surface area contributed by atoms with Gasteiger partial charge in [0.25, 0.3) is 0 Å². The Balaban J connectivity index is 2.56. The van der Waals surface area contributed by atoms with E-state index in [1.807, 2.05) is 25.6 Å². The molecule has 0 aliphatic carbocycles. The number of aromatic nitrogens is 2. The largest absolute Gasteiger partial charge is 0.365 e. The van der Waals surface area contributed by atoms with Crippen LogP contribution in [0.2, 0.25) is 0 Å². The lowest BCUT2D eigenvalue weighted by Gasteiger charge is -2.06. The number of nitro groups is 1. The van der Waals surface area contributed by atoms with Crippen molar-refractivity contribution in [1.82, 2.24) is 9.78 Å². The molecule has 6 nitrogen and oxygen atoms in total. The zero-order chi connectivity index (χ0) is 15.8. The number of anilines is 1. The molecule has 0 amide bonds. The topological polar surface area (TPSA) is 73.0 Å². The predicted octanol–water partition coefficient (Wildman–Crippen LogP) is 3.79. The van der Waals surface area contributed by atoms with Crippen molar-refractivity contribution in [3.8, 4) is 0 Å². The van der Waals surface area contributed by atoms with Gasteiger partial charge in [0, 0.05) is 19.5 Å². The van der Waals surface area contributed by atoms with Crippen LogP contribution in [0.25, 0.3) is 0 Å². The number of thioether (sulfide) groups is 1. The monoisotopic (exact) mass is 314 g/mol. The summed E-state index contributed by atoms with van der Waals surface area (Å²) < 4.78 is 1.58. The van der Waals surface area contributed by atoms with Gasteiger partial charge in [-0.25, -0.2) is 4.68 Å². The van der Waals surface area contributed by atoms with Crippen LogP contribution in [-0.4, -0.2) is 33.3 Å². The lowest BCUT2D eigenvalue weighted by atomic mass is 10.1. The highest BCUT2D eigenvalue weighted by molar-refractivity contribution is 7.98. The van der Waals surface area contributed by atoms with Gasteiger partial charge in [-0.05, 0) is 24.9 Å². The zero-order valence-corrected chi connectivity index (χ0v) is 14.2. The lowest BCUT2D eigenvalue weighted by Crippen LogP contribution is -2.08. The van der Waals surface area contributed by atoms with Gasteiger partial charge in [-0.1, -0.05) is 26.7 Å². The summed E-state index contributed by atoms with van der Waals surface area (Å²) in [5.41, 5.74) is 0.667. The maximum atomic E-state index is 11.3. The van der Waals surface area contributed by atoms with Gasteiger partial charge in [0.2, 0.25) is 5.82 Å². The van der Waals surface area contributed by atoms with E-state index in [4.69, 9.17) is 0 Å². The minimum absolute atomic E-state index is 0.0405. The number of unbranched alkanes of at least 4 members (excludes halogenated alkanes) is 3. The first kappa shape index (κ1) is 17.8.